The fourth-order valence-corrected chi connectivity index (χ4v) is 3.94. The Kier molecular flexibility index (Phi) is 6.49. The van der Waals surface area contributed by atoms with Gasteiger partial charge in [-0.2, -0.15) is 0 Å². The summed E-state index contributed by atoms with van der Waals surface area (Å²) in [6.45, 7) is 4.67. The molecule has 1 aliphatic rings. The number of benzene rings is 1. The van der Waals surface area contributed by atoms with Gasteiger partial charge in [0.2, 0.25) is 10.0 Å². The molecule has 1 saturated heterocycles. The number of nitrogens with one attached hydrogen (secondary N) is 2. The highest BCUT2D eigenvalue weighted by Crippen LogP contribution is 2.35. The summed E-state index contributed by atoms with van der Waals surface area (Å²) in [5.41, 5.74) is 0. The van der Waals surface area contributed by atoms with Gasteiger partial charge in [-0.3, -0.25) is 4.90 Å². The molecule has 23 heavy (non-hydrogen) atoms. The zero-order valence-corrected chi connectivity index (χ0v) is 14.8. The molecule has 2 N–H and O–H groups in total. The average Bonchev–Trinajstić information content (AvgIpc) is 2.55. The summed E-state index contributed by atoms with van der Waals surface area (Å²) in [4.78, 5) is 2.19. The van der Waals surface area contributed by atoms with Crippen molar-refractivity contribution < 1.29 is 17.9 Å². The van der Waals surface area contributed by atoms with Gasteiger partial charge >= 0.3 is 0 Å². The third kappa shape index (κ3) is 4.71. The number of methoxy groups -OCH3 is 2. The van der Waals surface area contributed by atoms with Gasteiger partial charge in [0.05, 0.1) is 19.2 Å². The molecule has 130 valence electrons. The van der Waals surface area contributed by atoms with E-state index in [1.807, 2.05) is 0 Å². The van der Waals surface area contributed by atoms with Crippen molar-refractivity contribution in [2.45, 2.75) is 4.90 Å². The van der Waals surface area contributed by atoms with Crippen LogP contribution in [0.15, 0.2) is 17.0 Å². The molecular formula is C14H22ClN3O4S. The number of hydrogen-bond donors (Lipinski definition) is 2. The Morgan fingerprint density at radius 1 is 1.22 bits per heavy atom. The number of piperazine rings is 1. The molecule has 1 heterocycles. The van der Waals surface area contributed by atoms with Gasteiger partial charge in [-0.25, -0.2) is 13.1 Å². The van der Waals surface area contributed by atoms with E-state index in [0.29, 0.717) is 24.6 Å². The normalized spacial score (nSPS) is 16.3. The Labute approximate surface area is 141 Å². The molecule has 0 atom stereocenters. The molecule has 1 fully saturated rings. The van der Waals surface area contributed by atoms with E-state index in [9.17, 15) is 8.42 Å². The maximum atomic E-state index is 12.4. The number of rotatable bonds is 7. The molecule has 0 saturated carbocycles. The molecular weight excluding hydrogens is 342 g/mol. The first-order valence-electron chi connectivity index (χ1n) is 7.32. The molecule has 1 aliphatic heterocycles. The van der Waals surface area contributed by atoms with Gasteiger partial charge in [0.1, 0.15) is 4.90 Å². The lowest BCUT2D eigenvalue weighted by Crippen LogP contribution is -2.46. The summed E-state index contributed by atoms with van der Waals surface area (Å²) in [6.07, 6.45) is 0. The van der Waals surface area contributed by atoms with Crippen molar-refractivity contribution in [3.05, 3.63) is 17.2 Å². The summed E-state index contributed by atoms with van der Waals surface area (Å²) in [7, 11) is -0.798. The van der Waals surface area contributed by atoms with Crippen LogP contribution in [0.5, 0.6) is 11.5 Å². The Morgan fingerprint density at radius 3 is 2.43 bits per heavy atom. The number of hydrogen-bond acceptors (Lipinski definition) is 6. The standard InChI is InChI=1S/C14H22ClN3O4S/c1-21-12-9-11(15)14(10-13(12)22-2)23(19,20)17-5-8-18-6-3-16-4-7-18/h9-10,16-17H,3-8H2,1-2H3. The molecule has 1 aromatic rings. The Bertz CT molecular complexity index is 633. The summed E-state index contributed by atoms with van der Waals surface area (Å²) >= 11 is 6.08. The van der Waals surface area contributed by atoms with Crippen LogP contribution in [0.4, 0.5) is 0 Å². The molecule has 2 rings (SSSR count). The predicted octanol–water partition coefficient (Wildman–Crippen LogP) is 0.541. The van der Waals surface area contributed by atoms with E-state index in [2.05, 4.69) is 14.9 Å². The second kappa shape index (κ2) is 8.16. The topological polar surface area (TPSA) is 79.9 Å². The van der Waals surface area contributed by atoms with Crippen LogP contribution in [0.2, 0.25) is 5.02 Å². The van der Waals surface area contributed by atoms with Gasteiger partial charge in [-0.05, 0) is 0 Å². The lowest BCUT2D eigenvalue weighted by molar-refractivity contribution is 0.245. The number of ether oxygens (including phenoxy) is 2. The minimum absolute atomic E-state index is 0.0165. The molecule has 7 nitrogen and oxygen atoms in total. The quantitative estimate of drug-likeness (QED) is 0.736. The van der Waals surface area contributed by atoms with E-state index in [0.717, 1.165) is 26.2 Å². The number of halogens is 1. The highest BCUT2D eigenvalue weighted by Gasteiger charge is 2.21. The maximum absolute atomic E-state index is 12.4. The fraction of sp³-hybridized carbons (Fsp3) is 0.571. The van der Waals surface area contributed by atoms with Crippen molar-refractivity contribution in [3.63, 3.8) is 0 Å². The summed E-state index contributed by atoms with van der Waals surface area (Å²) < 4.78 is 37.7. The second-order valence-electron chi connectivity index (χ2n) is 5.13. The number of nitrogens with zero attached hydrogens (tertiary/aromatic N) is 1. The van der Waals surface area contributed by atoms with Gasteiger partial charge in [-0.1, -0.05) is 11.6 Å². The van der Waals surface area contributed by atoms with Crippen LogP contribution < -0.4 is 19.5 Å². The first-order valence-corrected chi connectivity index (χ1v) is 9.18. The molecule has 0 amide bonds. The zero-order chi connectivity index (χ0) is 16.9. The summed E-state index contributed by atoms with van der Waals surface area (Å²) in [6, 6.07) is 2.81. The van der Waals surface area contributed by atoms with Crippen molar-refractivity contribution in [3.8, 4) is 11.5 Å². The van der Waals surface area contributed by atoms with Crippen molar-refractivity contribution in [1.29, 1.82) is 0 Å². The number of sulfonamides is 1. The Balaban J connectivity index is 2.06. The van der Waals surface area contributed by atoms with Crippen molar-refractivity contribution in [2.75, 3.05) is 53.5 Å². The third-order valence-electron chi connectivity index (χ3n) is 3.66. The van der Waals surface area contributed by atoms with Gasteiger partial charge < -0.3 is 14.8 Å². The van der Waals surface area contributed by atoms with Gasteiger partial charge in [0.25, 0.3) is 0 Å². The van der Waals surface area contributed by atoms with E-state index < -0.39 is 10.0 Å². The monoisotopic (exact) mass is 363 g/mol. The minimum Gasteiger partial charge on any atom is -0.493 e. The van der Waals surface area contributed by atoms with E-state index in [-0.39, 0.29) is 9.92 Å². The zero-order valence-electron chi connectivity index (χ0n) is 13.3. The smallest absolute Gasteiger partial charge is 0.242 e. The SMILES string of the molecule is COc1cc(Cl)c(S(=O)(=O)NCCN2CCNCC2)cc1OC. The van der Waals surface area contributed by atoms with Crippen LogP contribution in [-0.2, 0) is 10.0 Å². The molecule has 1 aromatic carbocycles. The minimum atomic E-state index is -3.71. The van der Waals surface area contributed by atoms with E-state index >= 15 is 0 Å². The van der Waals surface area contributed by atoms with Crippen LogP contribution in [-0.4, -0.2) is 66.8 Å². The van der Waals surface area contributed by atoms with Gasteiger partial charge in [-0.15, -0.1) is 0 Å². The highest BCUT2D eigenvalue weighted by molar-refractivity contribution is 7.89. The van der Waals surface area contributed by atoms with E-state index in [1.54, 1.807) is 0 Å². The largest absolute Gasteiger partial charge is 0.493 e. The predicted molar refractivity (Wildman–Crippen MR) is 89.1 cm³/mol. The molecule has 0 aromatic heterocycles. The maximum Gasteiger partial charge on any atom is 0.242 e. The van der Waals surface area contributed by atoms with Crippen molar-refractivity contribution in [1.82, 2.24) is 14.9 Å². The first-order chi connectivity index (χ1) is 11.0. The molecule has 0 radical (unpaired) electrons. The molecule has 9 heteroatoms. The first kappa shape index (κ1) is 18.3. The second-order valence-corrected chi connectivity index (χ2v) is 7.27. The lowest BCUT2D eigenvalue weighted by Gasteiger charge is -2.27. The van der Waals surface area contributed by atoms with Crippen molar-refractivity contribution >= 4 is 21.6 Å². The average molecular weight is 364 g/mol. The van der Waals surface area contributed by atoms with Gasteiger partial charge in [0.15, 0.2) is 11.5 Å². The van der Waals surface area contributed by atoms with Crippen LogP contribution in [0.25, 0.3) is 0 Å². The van der Waals surface area contributed by atoms with Crippen LogP contribution >= 0.6 is 11.6 Å². The van der Waals surface area contributed by atoms with Crippen LogP contribution in [0.1, 0.15) is 0 Å². The third-order valence-corrected chi connectivity index (χ3v) is 5.58. The molecule has 0 aliphatic carbocycles. The highest BCUT2D eigenvalue weighted by atomic mass is 35.5. The molecule has 0 spiro atoms. The lowest BCUT2D eigenvalue weighted by atomic mass is 10.3. The van der Waals surface area contributed by atoms with E-state index in [1.165, 1.54) is 26.4 Å². The Hall–Kier alpha value is -1.06. The Morgan fingerprint density at radius 2 is 1.83 bits per heavy atom. The molecule has 0 bridgehead atoms. The van der Waals surface area contributed by atoms with Crippen LogP contribution in [0, 0.1) is 0 Å². The van der Waals surface area contributed by atoms with Crippen LogP contribution in [0.3, 0.4) is 0 Å². The fourth-order valence-electron chi connectivity index (χ4n) is 2.39. The summed E-state index contributed by atoms with van der Waals surface area (Å²) in [5, 5.41) is 3.35. The molecule has 0 unspecified atom stereocenters. The van der Waals surface area contributed by atoms with E-state index in [4.69, 9.17) is 21.1 Å². The summed E-state index contributed by atoms with van der Waals surface area (Å²) in [5.74, 6) is 0.705. The van der Waals surface area contributed by atoms with Crippen molar-refractivity contribution in [2.24, 2.45) is 0 Å². The van der Waals surface area contributed by atoms with Gasteiger partial charge in [0, 0.05) is 51.4 Å².